The average molecular weight is 695 g/mol. The zero-order chi connectivity index (χ0) is 35.8. The summed E-state index contributed by atoms with van der Waals surface area (Å²) in [6.45, 7) is 2.30. The van der Waals surface area contributed by atoms with Crippen LogP contribution in [-0.4, -0.2) is 120 Å². The van der Waals surface area contributed by atoms with E-state index in [1.54, 1.807) is 0 Å². The standard InChI is InChI=1S/C28H37F3N4O13/c1-14(36)33-22-24(46-16(3)38)23(45-15(2)37)18(13-32-25(42)17-7-6-11-34(17)27(43)28(29,30)31)47-26(22)44-12-5-4-8-21(41)48-35-19(39)9-10-20(35)40/h17-18,22-24,26H,4-13H2,1-3H3,(H,32,42)(H,33,36). The predicted molar refractivity (Wildman–Crippen MR) is 148 cm³/mol. The van der Waals surface area contributed by atoms with Crippen molar-refractivity contribution in [3.8, 4) is 0 Å². The minimum absolute atomic E-state index is 0.0445. The van der Waals surface area contributed by atoms with Crippen molar-refractivity contribution in [3.05, 3.63) is 0 Å². The third-order valence-corrected chi connectivity index (χ3v) is 7.41. The molecule has 6 unspecified atom stereocenters. The van der Waals surface area contributed by atoms with Gasteiger partial charge in [-0.3, -0.25) is 33.6 Å². The lowest BCUT2D eigenvalue weighted by atomic mass is 9.95. The number of hydrogen-bond donors (Lipinski definition) is 2. The zero-order valence-electron chi connectivity index (χ0n) is 26.4. The number of halogens is 3. The second-order valence-corrected chi connectivity index (χ2v) is 11.2. The van der Waals surface area contributed by atoms with Crippen molar-refractivity contribution in [1.82, 2.24) is 20.6 Å². The molecule has 3 heterocycles. The Morgan fingerprint density at radius 2 is 1.56 bits per heavy atom. The molecule has 3 aliphatic heterocycles. The van der Waals surface area contributed by atoms with Crippen molar-refractivity contribution in [3.63, 3.8) is 0 Å². The van der Waals surface area contributed by atoms with E-state index in [0.29, 0.717) is 9.96 Å². The first kappa shape index (κ1) is 38.1. The van der Waals surface area contributed by atoms with Gasteiger partial charge in [0.05, 0.1) is 0 Å². The quantitative estimate of drug-likeness (QED) is 0.142. The maximum Gasteiger partial charge on any atom is 0.471 e. The molecule has 0 aromatic carbocycles. The third-order valence-electron chi connectivity index (χ3n) is 7.41. The lowest BCUT2D eigenvalue weighted by Crippen LogP contribution is -2.67. The van der Waals surface area contributed by atoms with E-state index in [1.807, 2.05) is 0 Å². The number of imide groups is 1. The highest BCUT2D eigenvalue weighted by Gasteiger charge is 2.52. The molecule has 0 aliphatic carbocycles. The summed E-state index contributed by atoms with van der Waals surface area (Å²) in [6.07, 6.45) is -10.7. The van der Waals surface area contributed by atoms with Crippen molar-refractivity contribution in [1.29, 1.82) is 0 Å². The number of carbonyl (C=O) groups is 8. The molecule has 20 heteroatoms. The summed E-state index contributed by atoms with van der Waals surface area (Å²) < 4.78 is 61.8. The van der Waals surface area contributed by atoms with Crippen molar-refractivity contribution < 1.29 is 75.3 Å². The van der Waals surface area contributed by atoms with Gasteiger partial charge in [-0.05, 0) is 25.7 Å². The fourth-order valence-corrected chi connectivity index (χ4v) is 5.40. The second-order valence-electron chi connectivity index (χ2n) is 11.2. The van der Waals surface area contributed by atoms with Gasteiger partial charge in [0.15, 0.2) is 18.5 Å². The highest BCUT2D eigenvalue weighted by atomic mass is 19.4. The first-order chi connectivity index (χ1) is 22.5. The van der Waals surface area contributed by atoms with Crippen molar-refractivity contribution in [2.75, 3.05) is 19.7 Å². The number of carbonyl (C=O) groups excluding carboxylic acids is 8. The van der Waals surface area contributed by atoms with Gasteiger partial charge in [-0.1, -0.05) is 0 Å². The number of rotatable bonds is 13. The molecule has 0 bridgehead atoms. The molecule has 0 saturated carbocycles. The van der Waals surface area contributed by atoms with E-state index in [4.69, 9.17) is 23.8 Å². The Morgan fingerprint density at radius 3 is 2.15 bits per heavy atom. The number of unbranched alkanes of at least 4 members (excludes halogenated alkanes) is 1. The van der Waals surface area contributed by atoms with Crippen LogP contribution in [0.2, 0.25) is 0 Å². The molecule has 3 saturated heterocycles. The monoisotopic (exact) mass is 694 g/mol. The highest BCUT2D eigenvalue weighted by Crippen LogP contribution is 2.29. The molecule has 3 aliphatic rings. The second kappa shape index (κ2) is 16.7. The molecular formula is C28H37F3N4O13. The third kappa shape index (κ3) is 10.3. The number of nitrogens with zero attached hydrogens (tertiary/aromatic N) is 2. The molecule has 5 amide bonds. The Bertz CT molecular complexity index is 1260. The maximum atomic E-state index is 13.1. The number of likely N-dealkylation sites (tertiary alicyclic amines) is 1. The Kier molecular flexibility index (Phi) is 13.2. The molecule has 3 rings (SSSR count). The fourth-order valence-electron chi connectivity index (χ4n) is 5.40. The van der Waals surface area contributed by atoms with Crippen LogP contribution < -0.4 is 10.6 Å². The van der Waals surface area contributed by atoms with E-state index in [0.717, 1.165) is 20.8 Å². The first-order valence-electron chi connectivity index (χ1n) is 15.1. The Morgan fingerprint density at radius 1 is 0.938 bits per heavy atom. The fraction of sp³-hybridized carbons (Fsp3) is 0.714. The van der Waals surface area contributed by atoms with Crippen LogP contribution in [0, 0.1) is 0 Å². The molecule has 0 aromatic heterocycles. The SMILES string of the molecule is CC(=O)NC1C(OCCCCC(=O)ON2C(=O)CCC2=O)OC(CNC(=O)C2CCCN2C(=O)C(F)(F)F)C(OC(C)=O)C1OC(C)=O. The predicted octanol–water partition coefficient (Wildman–Crippen LogP) is -0.457. The van der Waals surface area contributed by atoms with Gasteiger partial charge in [-0.25, -0.2) is 4.79 Å². The summed E-state index contributed by atoms with van der Waals surface area (Å²) in [5, 5.41) is 5.34. The molecule has 6 atom stereocenters. The normalized spacial score (nSPS) is 25.8. The molecule has 0 spiro atoms. The van der Waals surface area contributed by atoms with E-state index < -0.39 is 96.9 Å². The number of alkyl halides is 3. The maximum absolute atomic E-state index is 13.1. The number of ether oxygens (including phenoxy) is 4. The van der Waals surface area contributed by atoms with Crippen molar-refractivity contribution in [2.45, 2.75) is 109 Å². The summed E-state index contributed by atoms with van der Waals surface area (Å²) in [4.78, 5) is 102. The largest absolute Gasteiger partial charge is 0.471 e. The molecule has 268 valence electrons. The average Bonchev–Trinajstić information content (AvgIpc) is 3.59. The van der Waals surface area contributed by atoms with Crippen LogP contribution in [0.4, 0.5) is 13.2 Å². The zero-order valence-corrected chi connectivity index (χ0v) is 26.4. The lowest BCUT2D eigenvalue weighted by Gasteiger charge is -2.45. The molecular weight excluding hydrogens is 657 g/mol. The minimum Gasteiger partial charge on any atom is -0.456 e. The Balaban J connectivity index is 1.71. The van der Waals surface area contributed by atoms with E-state index in [9.17, 15) is 51.5 Å². The van der Waals surface area contributed by atoms with Crippen LogP contribution in [-0.2, 0) is 62.1 Å². The van der Waals surface area contributed by atoms with Crippen LogP contribution in [0.15, 0.2) is 0 Å². The van der Waals surface area contributed by atoms with Crippen LogP contribution >= 0.6 is 0 Å². The summed E-state index contributed by atoms with van der Waals surface area (Å²) in [5.41, 5.74) is 0. The van der Waals surface area contributed by atoms with Crippen LogP contribution in [0.5, 0.6) is 0 Å². The molecule has 48 heavy (non-hydrogen) atoms. The van der Waals surface area contributed by atoms with E-state index in [-0.39, 0.29) is 58.1 Å². The number of hydroxylamine groups is 2. The number of amides is 5. The lowest BCUT2D eigenvalue weighted by molar-refractivity contribution is -0.270. The Labute approximate surface area is 272 Å². The highest BCUT2D eigenvalue weighted by molar-refractivity contribution is 6.01. The number of esters is 2. The van der Waals surface area contributed by atoms with E-state index in [1.165, 1.54) is 0 Å². The van der Waals surface area contributed by atoms with Gasteiger partial charge in [0.2, 0.25) is 11.8 Å². The van der Waals surface area contributed by atoms with Gasteiger partial charge < -0.3 is 39.3 Å². The first-order valence-corrected chi connectivity index (χ1v) is 15.1. The van der Waals surface area contributed by atoms with Crippen LogP contribution in [0.1, 0.15) is 65.7 Å². The molecule has 3 fully saturated rings. The smallest absolute Gasteiger partial charge is 0.456 e. The summed E-state index contributed by atoms with van der Waals surface area (Å²) in [5.74, 6) is -7.54. The van der Waals surface area contributed by atoms with E-state index >= 15 is 0 Å². The van der Waals surface area contributed by atoms with E-state index in [2.05, 4.69) is 10.6 Å². The van der Waals surface area contributed by atoms with Gasteiger partial charge in [0.1, 0.15) is 18.2 Å². The van der Waals surface area contributed by atoms with Gasteiger partial charge >= 0.3 is 30.0 Å². The van der Waals surface area contributed by atoms with Crippen LogP contribution in [0.3, 0.4) is 0 Å². The van der Waals surface area contributed by atoms with Crippen molar-refractivity contribution >= 4 is 47.4 Å². The molecule has 17 nitrogen and oxygen atoms in total. The van der Waals surface area contributed by atoms with Gasteiger partial charge in [-0.15, -0.1) is 5.06 Å². The Hall–Kier alpha value is -4.33. The number of nitrogens with one attached hydrogen (secondary N) is 2. The van der Waals surface area contributed by atoms with Gasteiger partial charge in [0, 0.05) is 59.7 Å². The molecule has 0 radical (unpaired) electrons. The van der Waals surface area contributed by atoms with Gasteiger partial charge in [-0.2, -0.15) is 13.2 Å². The van der Waals surface area contributed by atoms with Crippen LogP contribution in [0.25, 0.3) is 0 Å². The summed E-state index contributed by atoms with van der Waals surface area (Å²) in [6, 6.07) is -2.71. The van der Waals surface area contributed by atoms with Crippen molar-refractivity contribution in [2.24, 2.45) is 0 Å². The van der Waals surface area contributed by atoms with Gasteiger partial charge in [0.25, 0.3) is 11.8 Å². The topological polar surface area (TPSA) is 213 Å². The molecule has 0 aromatic rings. The summed E-state index contributed by atoms with van der Waals surface area (Å²) >= 11 is 0. The minimum atomic E-state index is -5.19. The summed E-state index contributed by atoms with van der Waals surface area (Å²) in [7, 11) is 0. The number of hydrogen-bond acceptors (Lipinski definition) is 13. The molecule has 2 N–H and O–H groups in total.